The zero-order valence-electron chi connectivity index (χ0n) is 18.4. The maximum atomic E-state index is 6.62. The first kappa shape index (κ1) is 18.7. The number of fused-ring (bicyclic) bond motifs is 7. The molecular formula is C31H22OSi. The Morgan fingerprint density at radius 1 is 0.606 bits per heavy atom. The summed E-state index contributed by atoms with van der Waals surface area (Å²) in [7, 11) is -2.48. The molecule has 1 aromatic heterocycles. The molecule has 0 aliphatic carbocycles. The van der Waals surface area contributed by atoms with Crippen LogP contribution in [0.4, 0.5) is 0 Å². The predicted molar refractivity (Wildman–Crippen MR) is 141 cm³/mol. The van der Waals surface area contributed by atoms with E-state index in [1.54, 1.807) is 0 Å². The van der Waals surface area contributed by atoms with E-state index in [0.29, 0.717) is 0 Å². The Morgan fingerprint density at radius 2 is 1.21 bits per heavy atom. The van der Waals surface area contributed by atoms with Gasteiger partial charge in [0.05, 0.1) is 0 Å². The molecule has 1 aliphatic rings. The number of rotatable bonds is 2. The lowest BCUT2D eigenvalue weighted by molar-refractivity contribution is 0.670. The van der Waals surface area contributed by atoms with E-state index in [0.717, 1.165) is 11.2 Å². The third-order valence-corrected chi connectivity index (χ3v) is 12.1. The van der Waals surface area contributed by atoms with Crippen LogP contribution in [0.15, 0.2) is 120 Å². The number of benzene rings is 5. The molecule has 2 heteroatoms. The molecular weight excluding hydrogens is 416 g/mol. The van der Waals surface area contributed by atoms with Crippen LogP contribution in [0.1, 0.15) is 5.56 Å². The molecule has 156 valence electrons. The van der Waals surface area contributed by atoms with Crippen LogP contribution in [0.3, 0.4) is 0 Å². The summed E-state index contributed by atoms with van der Waals surface area (Å²) in [4.78, 5) is 0. The fourth-order valence-corrected chi connectivity index (χ4v) is 11.3. The minimum atomic E-state index is -2.48. The van der Waals surface area contributed by atoms with Gasteiger partial charge in [0.25, 0.3) is 0 Å². The van der Waals surface area contributed by atoms with Crippen LogP contribution in [-0.4, -0.2) is 8.07 Å². The highest BCUT2D eigenvalue weighted by molar-refractivity contribution is 7.22. The van der Waals surface area contributed by atoms with Crippen molar-refractivity contribution in [1.29, 1.82) is 0 Å². The monoisotopic (exact) mass is 438 g/mol. The number of aryl methyl sites for hydroxylation is 1. The van der Waals surface area contributed by atoms with E-state index in [4.69, 9.17) is 4.42 Å². The number of hydrogen-bond acceptors (Lipinski definition) is 1. The molecule has 0 radical (unpaired) electrons. The van der Waals surface area contributed by atoms with Gasteiger partial charge in [-0.05, 0) is 44.9 Å². The van der Waals surface area contributed by atoms with E-state index in [9.17, 15) is 0 Å². The highest BCUT2D eigenvalue weighted by Crippen LogP contribution is 2.40. The van der Waals surface area contributed by atoms with Crippen LogP contribution >= 0.6 is 0 Å². The van der Waals surface area contributed by atoms with Gasteiger partial charge in [-0.3, -0.25) is 0 Å². The summed E-state index contributed by atoms with van der Waals surface area (Å²) >= 11 is 0. The van der Waals surface area contributed by atoms with E-state index >= 15 is 0 Å². The Balaban J connectivity index is 1.73. The third kappa shape index (κ3) is 2.36. The van der Waals surface area contributed by atoms with Crippen molar-refractivity contribution in [2.45, 2.75) is 6.92 Å². The van der Waals surface area contributed by atoms with Crippen LogP contribution in [0.25, 0.3) is 33.1 Å². The molecule has 0 unspecified atom stereocenters. The first-order valence-corrected chi connectivity index (χ1v) is 13.5. The van der Waals surface area contributed by atoms with Gasteiger partial charge in [-0.1, -0.05) is 109 Å². The summed E-state index contributed by atoms with van der Waals surface area (Å²) in [6, 6.07) is 42.1. The zero-order chi connectivity index (χ0) is 22.0. The minimum absolute atomic E-state index is 0.958. The van der Waals surface area contributed by atoms with Crippen LogP contribution in [0.2, 0.25) is 0 Å². The van der Waals surface area contributed by atoms with E-state index in [1.807, 2.05) is 0 Å². The van der Waals surface area contributed by atoms with Crippen LogP contribution in [-0.2, 0) is 0 Å². The topological polar surface area (TPSA) is 13.1 Å². The molecule has 6 aromatic rings. The second kappa shape index (κ2) is 6.81. The van der Waals surface area contributed by atoms with Crippen molar-refractivity contribution < 1.29 is 4.42 Å². The van der Waals surface area contributed by atoms with Crippen molar-refractivity contribution in [3.05, 3.63) is 121 Å². The van der Waals surface area contributed by atoms with Gasteiger partial charge in [-0.2, -0.15) is 0 Å². The summed E-state index contributed by atoms with van der Waals surface area (Å²) < 4.78 is 6.62. The summed E-state index contributed by atoms with van der Waals surface area (Å²) in [6.45, 7) is 2.24. The zero-order valence-corrected chi connectivity index (χ0v) is 19.4. The smallest absolute Gasteiger partial charge is 0.181 e. The first-order valence-electron chi connectivity index (χ1n) is 11.5. The van der Waals surface area contributed by atoms with E-state index in [-0.39, 0.29) is 0 Å². The van der Waals surface area contributed by atoms with Gasteiger partial charge in [0, 0.05) is 16.3 Å². The number of para-hydroxylation sites is 1. The molecule has 33 heavy (non-hydrogen) atoms. The van der Waals surface area contributed by atoms with Gasteiger partial charge in [0.1, 0.15) is 11.2 Å². The van der Waals surface area contributed by atoms with Gasteiger partial charge >= 0.3 is 0 Å². The summed E-state index contributed by atoms with van der Waals surface area (Å²) in [5.74, 6) is 0. The lowest BCUT2D eigenvalue weighted by Crippen LogP contribution is -2.72. The highest BCUT2D eigenvalue weighted by atomic mass is 28.3. The molecule has 0 spiro atoms. The normalized spacial score (nSPS) is 13.8. The van der Waals surface area contributed by atoms with E-state index in [2.05, 4.69) is 122 Å². The van der Waals surface area contributed by atoms with Crippen LogP contribution < -0.4 is 20.7 Å². The number of hydrogen-bond donors (Lipinski definition) is 0. The molecule has 7 rings (SSSR count). The quantitative estimate of drug-likeness (QED) is 0.336. The molecule has 1 nitrogen and oxygen atoms in total. The van der Waals surface area contributed by atoms with E-state index < -0.39 is 8.07 Å². The molecule has 5 aromatic carbocycles. The van der Waals surface area contributed by atoms with Crippen molar-refractivity contribution >= 4 is 50.8 Å². The van der Waals surface area contributed by atoms with Gasteiger partial charge in [-0.15, -0.1) is 0 Å². The van der Waals surface area contributed by atoms with Gasteiger partial charge < -0.3 is 4.42 Å². The lowest BCUT2D eigenvalue weighted by Gasteiger charge is -2.31. The second-order valence-electron chi connectivity index (χ2n) is 8.95. The Labute approximate surface area is 194 Å². The van der Waals surface area contributed by atoms with Gasteiger partial charge in [0.2, 0.25) is 0 Å². The van der Waals surface area contributed by atoms with Crippen molar-refractivity contribution in [3.63, 3.8) is 0 Å². The first-order chi connectivity index (χ1) is 16.3. The average Bonchev–Trinajstić information content (AvgIpc) is 3.40. The molecule has 0 atom stereocenters. The fraction of sp³-hybridized carbons (Fsp3) is 0.0323. The lowest BCUT2D eigenvalue weighted by atomic mass is 9.99. The maximum Gasteiger partial charge on any atom is 0.181 e. The standard InChI is InChI=1S/C31H22OSi/c1-21-20-28-30(31-29(21)24-16-8-10-18-26(24)32-31)25-17-9-11-19-27(25)33(28,22-12-4-2-5-13-22)23-14-6-3-7-15-23/h2-20H,1H3. The molecule has 2 heterocycles. The number of furan rings is 1. The molecule has 0 N–H and O–H groups in total. The highest BCUT2D eigenvalue weighted by Gasteiger charge is 2.49. The summed E-state index contributed by atoms with van der Waals surface area (Å²) in [5.41, 5.74) is 5.86. The van der Waals surface area contributed by atoms with Gasteiger partial charge in [0.15, 0.2) is 8.07 Å². The van der Waals surface area contributed by atoms with Crippen molar-refractivity contribution in [1.82, 2.24) is 0 Å². The van der Waals surface area contributed by atoms with E-state index in [1.165, 1.54) is 48.2 Å². The third-order valence-electron chi connectivity index (χ3n) is 7.27. The molecule has 0 bridgehead atoms. The largest absolute Gasteiger partial charge is 0.455 e. The van der Waals surface area contributed by atoms with Gasteiger partial charge in [-0.25, -0.2) is 0 Å². The second-order valence-corrected chi connectivity index (χ2v) is 12.7. The Kier molecular flexibility index (Phi) is 3.85. The molecule has 0 amide bonds. The minimum Gasteiger partial charge on any atom is -0.455 e. The molecule has 0 saturated carbocycles. The Morgan fingerprint density at radius 3 is 1.94 bits per heavy atom. The maximum absolute atomic E-state index is 6.62. The predicted octanol–water partition coefficient (Wildman–Crippen LogP) is 5.25. The SMILES string of the molecule is Cc1cc2c(c3oc4ccccc4c13)-c1ccccc1[Si]2(c1ccccc1)c1ccccc1. The summed E-state index contributed by atoms with van der Waals surface area (Å²) in [6.07, 6.45) is 0. The molecule has 0 fully saturated rings. The van der Waals surface area contributed by atoms with Crippen molar-refractivity contribution in [3.8, 4) is 11.1 Å². The van der Waals surface area contributed by atoms with Crippen LogP contribution in [0, 0.1) is 6.92 Å². The van der Waals surface area contributed by atoms with Crippen molar-refractivity contribution in [2.24, 2.45) is 0 Å². The Hall–Kier alpha value is -3.88. The van der Waals surface area contributed by atoms with Crippen molar-refractivity contribution in [2.75, 3.05) is 0 Å². The molecule has 1 aliphatic heterocycles. The van der Waals surface area contributed by atoms with Crippen LogP contribution in [0.5, 0.6) is 0 Å². The summed E-state index contributed by atoms with van der Waals surface area (Å²) in [5, 5.41) is 8.15. The Bertz CT molecular complexity index is 1620. The fourth-order valence-electron chi connectivity index (χ4n) is 6.00. The molecule has 0 saturated heterocycles. The average molecular weight is 439 g/mol.